The molecule has 1 amide bonds. The normalized spacial score (nSPS) is 37.1. The van der Waals surface area contributed by atoms with Gasteiger partial charge in [0.25, 0.3) is 0 Å². The summed E-state index contributed by atoms with van der Waals surface area (Å²) < 4.78 is 10.7. The van der Waals surface area contributed by atoms with E-state index in [9.17, 15) is 19.8 Å². The first kappa shape index (κ1) is 34.2. The second-order valence-corrected chi connectivity index (χ2v) is 16.0. The molecular weight excluding hydrogens is 614 g/mol. The lowest BCUT2D eigenvalue weighted by Crippen LogP contribution is -2.67. The van der Waals surface area contributed by atoms with Gasteiger partial charge in [0.2, 0.25) is 0 Å². The topological polar surface area (TPSA) is 96.3 Å². The molecule has 8 unspecified atom stereocenters. The van der Waals surface area contributed by atoms with E-state index in [0.717, 1.165) is 48.8 Å². The average molecular weight is 668 g/mol. The minimum Gasteiger partial charge on any atom is -0.450 e. The van der Waals surface area contributed by atoms with Crippen LogP contribution in [-0.4, -0.2) is 72.1 Å². The zero-order chi connectivity index (χ0) is 34.7. The zero-order valence-corrected chi connectivity index (χ0v) is 29.6. The number of ketones is 1. The number of hydrogen-bond acceptors (Lipinski definition) is 6. The molecule has 3 saturated carbocycles. The minimum atomic E-state index is -1.15. The van der Waals surface area contributed by atoms with Gasteiger partial charge < -0.3 is 24.6 Å². The molecular formula is C42H53NO6. The van der Waals surface area contributed by atoms with E-state index < -0.39 is 34.0 Å². The molecule has 0 aliphatic heterocycles. The highest BCUT2D eigenvalue weighted by Crippen LogP contribution is 2.78. The molecule has 6 aliphatic carbocycles. The first-order valence-electron chi connectivity index (χ1n) is 18.4. The van der Waals surface area contributed by atoms with Gasteiger partial charge in [-0.05, 0) is 86.7 Å². The smallest absolute Gasteiger partial charge is 0.409 e. The summed E-state index contributed by atoms with van der Waals surface area (Å²) in [5, 5.41) is 23.8. The molecule has 3 fully saturated rings. The van der Waals surface area contributed by atoms with E-state index in [4.69, 9.17) is 9.47 Å². The van der Waals surface area contributed by atoms with E-state index in [1.54, 1.807) is 18.9 Å². The Kier molecular flexibility index (Phi) is 8.73. The molecule has 2 aromatic carbocycles. The molecule has 0 saturated heterocycles. The Labute approximate surface area is 291 Å². The number of aliphatic hydroxyl groups excluding tert-OH is 1. The Bertz CT molecular complexity index is 1640. The Hall–Kier alpha value is -3.26. The summed E-state index contributed by atoms with van der Waals surface area (Å²) in [6.45, 7) is 7.82. The Morgan fingerprint density at radius 2 is 1.57 bits per heavy atom. The van der Waals surface area contributed by atoms with Crippen LogP contribution in [0.1, 0.15) is 82.5 Å². The van der Waals surface area contributed by atoms with E-state index in [1.807, 2.05) is 42.5 Å². The van der Waals surface area contributed by atoms with Gasteiger partial charge in [-0.1, -0.05) is 86.7 Å². The summed E-state index contributed by atoms with van der Waals surface area (Å²) in [7, 11) is 1.65. The number of hydrogen-bond donors (Lipinski definition) is 2. The molecule has 49 heavy (non-hydrogen) atoms. The number of amides is 1. The van der Waals surface area contributed by atoms with Crippen LogP contribution in [0.15, 0.2) is 78.4 Å². The standard InChI is InChI=1S/C42H53NO6/c1-5-49-37(46)43(24-9-25-48-4)28-41(47)21-18-35-39(41,3)20-17-34-38(2)19-16-32(44)26-40(38)22-23-42(34,35)33(27-40)36(45)31-14-12-30(13-15-31)29-10-7-6-8-11-29/h6-8,10-15,22-23,27,32,34-35,44,47H,5,9,16-21,24-26,28H2,1-4H3. The molecule has 0 heterocycles. The van der Waals surface area contributed by atoms with Crippen LogP contribution in [0.5, 0.6) is 0 Å². The SMILES string of the molecule is CCOC(=O)N(CCCOC)CC1(O)CCC2C34C=CC5(C=C3C(=O)c3ccc(-c6ccccc6)cc3)CC(O)CCC5(C)C4CCC21C. The molecule has 8 atom stereocenters. The predicted octanol–water partition coefficient (Wildman–Crippen LogP) is 7.62. The molecule has 2 spiro atoms. The maximum Gasteiger partial charge on any atom is 0.409 e. The third kappa shape index (κ3) is 5.09. The summed E-state index contributed by atoms with van der Waals surface area (Å²) >= 11 is 0. The lowest BCUT2D eigenvalue weighted by molar-refractivity contribution is -0.175. The summed E-state index contributed by atoms with van der Waals surface area (Å²) in [6, 6.07) is 18.2. The van der Waals surface area contributed by atoms with E-state index in [-0.39, 0.29) is 36.2 Å². The maximum absolute atomic E-state index is 15.0. The lowest BCUT2D eigenvalue weighted by atomic mass is 9.32. The van der Waals surface area contributed by atoms with Gasteiger partial charge >= 0.3 is 6.09 Å². The number of methoxy groups -OCH3 is 1. The van der Waals surface area contributed by atoms with Crippen LogP contribution in [-0.2, 0) is 9.47 Å². The molecule has 6 aliphatic rings. The Morgan fingerprint density at radius 1 is 0.898 bits per heavy atom. The molecule has 7 heteroatoms. The number of rotatable bonds is 10. The largest absolute Gasteiger partial charge is 0.450 e. The van der Waals surface area contributed by atoms with Crippen molar-refractivity contribution in [1.82, 2.24) is 4.90 Å². The van der Waals surface area contributed by atoms with Gasteiger partial charge in [0.1, 0.15) is 0 Å². The summed E-state index contributed by atoms with van der Waals surface area (Å²) in [5.41, 5.74) is 0.926. The number of carbonyl (C=O) groups excluding carboxylic acids is 2. The fourth-order valence-corrected chi connectivity index (χ4v) is 11.4. The maximum atomic E-state index is 15.0. The predicted molar refractivity (Wildman–Crippen MR) is 190 cm³/mol. The summed E-state index contributed by atoms with van der Waals surface area (Å²) in [4.78, 5) is 29.8. The molecule has 7 nitrogen and oxygen atoms in total. The van der Waals surface area contributed by atoms with Crippen molar-refractivity contribution in [2.45, 2.75) is 83.8 Å². The Balaban J connectivity index is 1.29. The number of nitrogens with zero attached hydrogens (tertiary/aromatic N) is 1. The van der Waals surface area contributed by atoms with Crippen molar-refractivity contribution in [3.8, 4) is 11.1 Å². The quantitative estimate of drug-likeness (QED) is 0.154. The number of ether oxygens (including phenoxy) is 2. The third-order valence-corrected chi connectivity index (χ3v) is 14.0. The highest BCUT2D eigenvalue weighted by atomic mass is 16.6. The van der Waals surface area contributed by atoms with Crippen molar-refractivity contribution in [3.05, 3.63) is 84.0 Å². The lowest BCUT2D eigenvalue weighted by Gasteiger charge is -2.71. The van der Waals surface area contributed by atoms with Gasteiger partial charge in [-0.25, -0.2) is 4.79 Å². The fourth-order valence-electron chi connectivity index (χ4n) is 11.4. The fraction of sp³-hybridized carbons (Fsp3) is 0.571. The molecule has 2 aromatic rings. The van der Waals surface area contributed by atoms with E-state index in [0.29, 0.717) is 38.0 Å². The third-order valence-electron chi connectivity index (χ3n) is 14.0. The summed E-state index contributed by atoms with van der Waals surface area (Å²) in [6.07, 6.45) is 12.0. The first-order valence-corrected chi connectivity index (χ1v) is 18.4. The van der Waals surface area contributed by atoms with Crippen LogP contribution in [0, 0.1) is 33.5 Å². The Morgan fingerprint density at radius 3 is 2.29 bits per heavy atom. The van der Waals surface area contributed by atoms with Crippen molar-refractivity contribution in [2.24, 2.45) is 33.5 Å². The first-order chi connectivity index (χ1) is 23.5. The van der Waals surface area contributed by atoms with E-state index >= 15 is 0 Å². The monoisotopic (exact) mass is 667 g/mol. The average Bonchev–Trinajstić information content (AvgIpc) is 3.38. The number of fused-ring (bicyclic) bond motifs is 1. The highest BCUT2D eigenvalue weighted by molar-refractivity contribution is 6.10. The molecule has 8 rings (SSSR count). The van der Waals surface area contributed by atoms with Crippen molar-refractivity contribution in [3.63, 3.8) is 0 Å². The van der Waals surface area contributed by atoms with Crippen LogP contribution >= 0.6 is 0 Å². The second-order valence-electron chi connectivity index (χ2n) is 16.0. The van der Waals surface area contributed by atoms with Gasteiger partial charge in [-0.15, -0.1) is 0 Å². The van der Waals surface area contributed by atoms with Gasteiger partial charge in [0, 0.05) is 47.6 Å². The molecule has 0 aromatic heterocycles. The molecule has 262 valence electrons. The van der Waals surface area contributed by atoms with Crippen LogP contribution in [0.3, 0.4) is 0 Å². The van der Waals surface area contributed by atoms with Crippen LogP contribution in [0.25, 0.3) is 11.1 Å². The zero-order valence-electron chi connectivity index (χ0n) is 29.6. The number of allylic oxidation sites excluding steroid dienone is 4. The van der Waals surface area contributed by atoms with Crippen LogP contribution in [0.2, 0.25) is 0 Å². The van der Waals surface area contributed by atoms with Gasteiger partial charge in [-0.2, -0.15) is 0 Å². The molecule has 2 N–H and O–H groups in total. The van der Waals surface area contributed by atoms with E-state index in [2.05, 4.69) is 44.2 Å². The van der Waals surface area contributed by atoms with E-state index in [1.165, 1.54) is 0 Å². The number of Topliss-reactive ketones (excluding diaryl/α,β-unsaturated/α-hetero) is 1. The number of aliphatic hydroxyl groups is 2. The highest BCUT2D eigenvalue weighted by Gasteiger charge is 2.74. The van der Waals surface area contributed by atoms with Crippen molar-refractivity contribution < 1.29 is 29.3 Å². The number of benzene rings is 2. The van der Waals surface area contributed by atoms with Crippen molar-refractivity contribution >= 4 is 11.9 Å². The minimum absolute atomic E-state index is 0.00351. The van der Waals surface area contributed by atoms with Gasteiger partial charge in [0.05, 0.1) is 24.9 Å². The second kappa shape index (κ2) is 12.5. The summed E-state index contributed by atoms with van der Waals surface area (Å²) in [5.74, 6) is 0.250. The van der Waals surface area contributed by atoms with Gasteiger partial charge in [-0.3, -0.25) is 4.79 Å². The number of carbonyl (C=O) groups is 2. The van der Waals surface area contributed by atoms with Crippen molar-refractivity contribution in [2.75, 3.05) is 33.4 Å². The molecule has 2 bridgehead atoms. The van der Waals surface area contributed by atoms with Gasteiger partial charge in [0.15, 0.2) is 5.78 Å². The van der Waals surface area contributed by atoms with Crippen LogP contribution in [0.4, 0.5) is 4.79 Å². The van der Waals surface area contributed by atoms with Crippen molar-refractivity contribution in [1.29, 1.82) is 0 Å². The van der Waals surface area contributed by atoms with Crippen LogP contribution < -0.4 is 0 Å². The molecule has 0 radical (unpaired) electrons.